The zero-order valence-electron chi connectivity index (χ0n) is 11.4. The highest BCUT2D eigenvalue weighted by Gasteiger charge is 2.07. The number of nitrogens with one attached hydrogen (secondary N) is 1. The van der Waals surface area contributed by atoms with Gasteiger partial charge >= 0.3 is 0 Å². The molecule has 0 bridgehead atoms. The molecule has 22 heavy (non-hydrogen) atoms. The number of carbonyl (C=O) groups is 1. The van der Waals surface area contributed by atoms with E-state index in [0.717, 1.165) is 0 Å². The third-order valence-corrected chi connectivity index (χ3v) is 2.95. The van der Waals surface area contributed by atoms with E-state index < -0.39 is 0 Å². The van der Waals surface area contributed by atoms with Crippen molar-refractivity contribution in [3.63, 3.8) is 0 Å². The Hall–Kier alpha value is -3.15. The van der Waals surface area contributed by atoms with Crippen LogP contribution in [0.1, 0.15) is 10.4 Å². The van der Waals surface area contributed by atoms with E-state index in [9.17, 15) is 9.18 Å². The minimum absolute atomic E-state index is 0.325. The Morgan fingerprint density at radius 1 is 0.909 bits per heavy atom. The smallest absolute Gasteiger partial charge is 0.255 e. The molecule has 0 aliphatic heterocycles. The van der Waals surface area contributed by atoms with E-state index in [4.69, 9.17) is 0 Å². The van der Waals surface area contributed by atoms with Crippen molar-refractivity contribution in [2.45, 2.75) is 0 Å². The van der Waals surface area contributed by atoms with E-state index in [0.29, 0.717) is 22.6 Å². The largest absolute Gasteiger partial charge is 0.321 e. The van der Waals surface area contributed by atoms with E-state index in [2.05, 4.69) is 20.3 Å². The van der Waals surface area contributed by atoms with Crippen molar-refractivity contribution < 1.29 is 9.18 Å². The average Bonchev–Trinajstić information content (AvgIpc) is 2.57. The molecule has 0 atom stereocenters. The molecule has 1 N–H and O–H groups in total. The Morgan fingerprint density at radius 3 is 2.36 bits per heavy atom. The second-order valence-electron chi connectivity index (χ2n) is 4.48. The number of nitrogens with zero attached hydrogens (tertiary/aromatic N) is 3. The molecule has 0 aliphatic carbocycles. The minimum atomic E-state index is -0.383. The third kappa shape index (κ3) is 3.12. The molecule has 6 heteroatoms. The topological polar surface area (TPSA) is 67.8 Å². The van der Waals surface area contributed by atoms with Gasteiger partial charge in [-0.3, -0.25) is 19.7 Å². The van der Waals surface area contributed by atoms with Gasteiger partial charge in [-0.2, -0.15) is 0 Å². The van der Waals surface area contributed by atoms with Gasteiger partial charge in [-0.15, -0.1) is 0 Å². The number of benzene rings is 1. The molecule has 3 rings (SSSR count). The molecule has 0 aliphatic rings. The number of halogens is 1. The van der Waals surface area contributed by atoms with E-state index >= 15 is 0 Å². The van der Waals surface area contributed by atoms with Gasteiger partial charge in [0, 0.05) is 18.0 Å². The second-order valence-corrected chi connectivity index (χ2v) is 4.48. The van der Waals surface area contributed by atoms with Crippen LogP contribution in [0.25, 0.3) is 11.4 Å². The van der Waals surface area contributed by atoms with Crippen LogP contribution in [0.4, 0.5) is 10.1 Å². The fourth-order valence-corrected chi connectivity index (χ4v) is 1.86. The average molecular weight is 294 g/mol. The maximum absolute atomic E-state index is 12.8. The van der Waals surface area contributed by atoms with Crippen LogP contribution in [0.15, 0.2) is 61.2 Å². The highest BCUT2D eigenvalue weighted by Crippen LogP contribution is 2.15. The predicted octanol–water partition coefficient (Wildman–Crippen LogP) is 2.93. The highest BCUT2D eigenvalue weighted by atomic mass is 19.1. The van der Waals surface area contributed by atoms with E-state index in [1.165, 1.54) is 30.5 Å². The molecular weight excluding hydrogens is 283 g/mol. The lowest BCUT2D eigenvalue weighted by Crippen LogP contribution is -2.12. The Bertz CT molecular complexity index is 774. The maximum atomic E-state index is 12.8. The van der Waals surface area contributed by atoms with Gasteiger partial charge < -0.3 is 5.32 Å². The summed E-state index contributed by atoms with van der Waals surface area (Å²) >= 11 is 0. The van der Waals surface area contributed by atoms with Crippen LogP contribution < -0.4 is 5.32 Å². The van der Waals surface area contributed by atoms with Gasteiger partial charge in [0.1, 0.15) is 11.5 Å². The lowest BCUT2D eigenvalue weighted by Gasteiger charge is -2.06. The number of hydrogen-bond donors (Lipinski definition) is 1. The van der Waals surface area contributed by atoms with Crippen LogP contribution in [0.3, 0.4) is 0 Å². The predicted molar refractivity (Wildman–Crippen MR) is 79.6 cm³/mol. The first-order valence-electron chi connectivity index (χ1n) is 6.52. The summed E-state index contributed by atoms with van der Waals surface area (Å²) < 4.78 is 12.8. The molecule has 1 aromatic carbocycles. The summed E-state index contributed by atoms with van der Waals surface area (Å²) in [6.07, 6.45) is 6.31. The van der Waals surface area contributed by atoms with Gasteiger partial charge in [0.15, 0.2) is 0 Å². The molecular formula is C16H11FN4O. The third-order valence-electron chi connectivity index (χ3n) is 2.95. The van der Waals surface area contributed by atoms with Crippen molar-refractivity contribution in [1.29, 1.82) is 0 Å². The maximum Gasteiger partial charge on any atom is 0.255 e. The van der Waals surface area contributed by atoms with Gasteiger partial charge in [-0.1, -0.05) is 0 Å². The second kappa shape index (κ2) is 6.09. The summed E-state index contributed by atoms with van der Waals surface area (Å²) in [4.78, 5) is 24.4. The number of anilines is 1. The Morgan fingerprint density at radius 2 is 1.73 bits per heavy atom. The molecule has 0 unspecified atom stereocenters. The SMILES string of the molecule is O=C(Nc1ccc(-c2cnccn2)nc1)c1ccc(F)cc1. The van der Waals surface area contributed by atoms with Crippen LogP contribution in [0.2, 0.25) is 0 Å². The van der Waals surface area contributed by atoms with Crippen molar-refractivity contribution in [1.82, 2.24) is 15.0 Å². The molecule has 0 radical (unpaired) electrons. The van der Waals surface area contributed by atoms with Crippen molar-refractivity contribution in [2.75, 3.05) is 5.32 Å². The Balaban J connectivity index is 1.73. The Kier molecular flexibility index (Phi) is 3.82. The molecule has 0 saturated carbocycles. The van der Waals surface area contributed by atoms with Crippen LogP contribution >= 0.6 is 0 Å². The van der Waals surface area contributed by atoms with Gasteiger partial charge in [-0.05, 0) is 36.4 Å². The van der Waals surface area contributed by atoms with Gasteiger partial charge in [0.25, 0.3) is 5.91 Å². The number of aromatic nitrogens is 3. The van der Waals surface area contributed by atoms with Gasteiger partial charge in [-0.25, -0.2) is 4.39 Å². The van der Waals surface area contributed by atoms with E-state index in [-0.39, 0.29) is 11.7 Å². The van der Waals surface area contributed by atoms with Crippen molar-refractivity contribution in [2.24, 2.45) is 0 Å². The van der Waals surface area contributed by atoms with Crippen LogP contribution in [0.5, 0.6) is 0 Å². The normalized spacial score (nSPS) is 10.2. The summed E-state index contributed by atoms with van der Waals surface area (Å²) in [6.45, 7) is 0. The summed E-state index contributed by atoms with van der Waals surface area (Å²) in [6, 6.07) is 8.79. The molecule has 0 saturated heterocycles. The number of carbonyl (C=O) groups excluding carboxylic acids is 1. The number of rotatable bonds is 3. The van der Waals surface area contributed by atoms with Crippen LogP contribution in [-0.2, 0) is 0 Å². The minimum Gasteiger partial charge on any atom is -0.321 e. The zero-order valence-corrected chi connectivity index (χ0v) is 11.4. The monoisotopic (exact) mass is 294 g/mol. The number of hydrogen-bond acceptors (Lipinski definition) is 4. The quantitative estimate of drug-likeness (QED) is 0.806. The summed E-state index contributed by atoms with van der Waals surface area (Å²) in [5, 5.41) is 2.70. The Labute approximate surface area is 125 Å². The molecule has 0 fully saturated rings. The zero-order chi connectivity index (χ0) is 15.4. The molecule has 3 aromatic rings. The molecule has 1 amide bonds. The summed E-state index contributed by atoms with van der Waals surface area (Å²) in [7, 11) is 0. The van der Waals surface area contributed by atoms with Crippen LogP contribution in [0, 0.1) is 5.82 Å². The fourth-order valence-electron chi connectivity index (χ4n) is 1.86. The standard InChI is InChI=1S/C16H11FN4O/c17-12-3-1-11(2-4-12)16(22)21-13-5-6-14(20-9-13)15-10-18-7-8-19-15/h1-10H,(H,21,22). The van der Waals surface area contributed by atoms with Gasteiger partial charge in [0.05, 0.1) is 23.8 Å². The summed E-state index contributed by atoms with van der Waals surface area (Å²) in [5.41, 5.74) is 2.23. The first-order valence-corrected chi connectivity index (χ1v) is 6.52. The highest BCUT2D eigenvalue weighted by molar-refractivity contribution is 6.04. The van der Waals surface area contributed by atoms with Crippen molar-refractivity contribution in [3.8, 4) is 11.4 Å². The molecule has 0 spiro atoms. The number of amides is 1. The number of pyridine rings is 1. The fraction of sp³-hybridized carbons (Fsp3) is 0. The lowest BCUT2D eigenvalue weighted by atomic mass is 10.2. The van der Waals surface area contributed by atoms with E-state index in [1.54, 1.807) is 30.7 Å². The van der Waals surface area contributed by atoms with Crippen molar-refractivity contribution >= 4 is 11.6 Å². The first-order chi connectivity index (χ1) is 10.7. The molecule has 108 valence electrons. The first kappa shape index (κ1) is 13.8. The lowest BCUT2D eigenvalue weighted by molar-refractivity contribution is 0.102. The van der Waals surface area contributed by atoms with Crippen LogP contribution in [-0.4, -0.2) is 20.9 Å². The molecule has 2 aromatic heterocycles. The summed E-state index contributed by atoms with van der Waals surface area (Å²) in [5.74, 6) is -0.708. The van der Waals surface area contributed by atoms with Crippen molar-refractivity contribution in [3.05, 3.63) is 72.6 Å². The molecule has 5 nitrogen and oxygen atoms in total. The van der Waals surface area contributed by atoms with Gasteiger partial charge in [0.2, 0.25) is 0 Å². The molecule has 2 heterocycles. The van der Waals surface area contributed by atoms with E-state index in [1.807, 2.05) is 0 Å².